The Morgan fingerprint density at radius 1 is 0.561 bits per heavy atom. The Morgan fingerprint density at radius 2 is 0.902 bits per heavy atom. The van der Waals surface area contributed by atoms with Gasteiger partial charge < -0.3 is 48.2 Å². The van der Waals surface area contributed by atoms with Crippen LogP contribution in [0, 0.1) is 13.8 Å². The Bertz CT molecular complexity index is 3140. The molecular formula is C54H80N12O12S2Si2. The van der Waals surface area contributed by atoms with Gasteiger partial charge in [0, 0.05) is 67.5 Å². The monoisotopic (exact) mass is 1210 g/mol. The summed E-state index contributed by atoms with van der Waals surface area (Å²) in [5.74, 6) is 4.15. The van der Waals surface area contributed by atoms with E-state index in [-0.39, 0.29) is 73.7 Å². The SMILES string of the molecule is COc1cccc(OC)c1-n1c(-c2ccc(C)o2)nnc1N(CC[Si](C)(C)C)S(=O)(=O)CCN1C(=O)NCC[C@@H]1C.COc1cccc(OC)c1-n1c(-c2ccc(C)o2)nnc1N(CC[Si](C)(C)C)S(=O)(=O)CCN1C(=O)NCC[C@H]1C. The highest BCUT2D eigenvalue weighted by atomic mass is 32.2. The number of aromatic nitrogens is 6. The molecule has 82 heavy (non-hydrogen) atoms. The molecule has 2 aliphatic rings. The molecule has 2 aromatic carbocycles. The van der Waals surface area contributed by atoms with E-state index in [0.29, 0.717) is 94.2 Å². The van der Waals surface area contributed by atoms with E-state index in [0.717, 1.165) is 12.8 Å². The Morgan fingerprint density at radius 3 is 1.18 bits per heavy atom. The van der Waals surface area contributed by atoms with E-state index in [4.69, 9.17) is 27.8 Å². The lowest BCUT2D eigenvalue weighted by Crippen LogP contribution is -2.53. The summed E-state index contributed by atoms with van der Waals surface area (Å²) in [5.41, 5.74) is 0.887. The van der Waals surface area contributed by atoms with Crippen molar-refractivity contribution in [3.63, 3.8) is 0 Å². The highest BCUT2D eigenvalue weighted by Crippen LogP contribution is 2.41. The maximum atomic E-state index is 14.2. The number of sulfonamides is 2. The lowest BCUT2D eigenvalue weighted by Gasteiger charge is -2.34. The third-order valence-corrected chi connectivity index (χ3v) is 21.0. The Balaban J connectivity index is 0.000000236. The largest absolute Gasteiger partial charge is 0.494 e. The van der Waals surface area contributed by atoms with Crippen LogP contribution >= 0.6 is 0 Å². The first-order valence-electron chi connectivity index (χ1n) is 27.3. The number of methoxy groups -OCH3 is 4. The van der Waals surface area contributed by atoms with Gasteiger partial charge in [0.15, 0.2) is 11.5 Å². The van der Waals surface area contributed by atoms with Crippen molar-refractivity contribution in [2.45, 2.75) is 104 Å². The topological polar surface area (TPSA) is 264 Å². The van der Waals surface area contributed by atoms with Crippen molar-refractivity contribution in [1.82, 2.24) is 50.0 Å². The van der Waals surface area contributed by atoms with Crippen LogP contribution in [-0.4, -0.2) is 176 Å². The van der Waals surface area contributed by atoms with Gasteiger partial charge in [0.2, 0.25) is 43.6 Å². The van der Waals surface area contributed by atoms with E-state index in [1.54, 1.807) is 79.6 Å². The lowest BCUT2D eigenvalue weighted by molar-refractivity contribution is 0.164. The zero-order valence-electron chi connectivity index (χ0n) is 49.6. The minimum Gasteiger partial charge on any atom is -0.494 e. The van der Waals surface area contributed by atoms with Crippen LogP contribution in [0.2, 0.25) is 51.4 Å². The minimum atomic E-state index is -3.98. The summed E-state index contributed by atoms with van der Waals surface area (Å²) < 4.78 is 97.1. The van der Waals surface area contributed by atoms with Crippen LogP contribution in [0.15, 0.2) is 69.5 Å². The van der Waals surface area contributed by atoms with Gasteiger partial charge in [-0.2, -0.15) is 0 Å². The fraction of sp³-hybridized carbons (Fsp3) is 0.519. The van der Waals surface area contributed by atoms with Crippen molar-refractivity contribution in [2.75, 3.05) is 87.8 Å². The summed E-state index contributed by atoms with van der Waals surface area (Å²) in [6.45, 7) is 22.2. The van der Waals surface area contributed by atoms with Crippen molar-refractivity contribution in [3.8, 4) is 57.5 Å². The number of ether oxygens (including phenoxy) is 4. The zero-order valence-corrected chi connectivity index (χ0v) is 53.2. The van der Waals surface area contributed by atoms with Gasteiger partial charge in [-0.15, -0.1) is 20.4 Å². The highest BCUT2D eigenvalue weighted by Gasteiger charge is 2.38. The molecule has 448 valence electrons. The Kier molecular flexibility index (Phi) is 19.9. The fourth-order valence-corrected chi connectivity index (χ4v) is 14.3. The molecule has 8 rings (SSSR count). The van der Waals surface area contributed by atoms with Crippen LogP contribution in [0.3, 0.4) is 0 Å². The number of aryl methyl sites for hydroxylation is 2. The van der Waals surface area contributed by atoms with Crippen LogP contribution in [0.4, 0.5) is 21.5 Å². The Hall–Kier alpha value is -7.05. The van der Waals surface area contributed by atoms with Crippen molar-refractivity contribution < 1.29 is 54.2 Å². The average Bonchev–Trinajstić information content (AvgIpc) is 3.61. The number of rotatable bonds is 24. The molecule has 0 bridgehead atoms. The van der Waals surface area contributed by atoms with Gasteiger partial charge >= 0.3 is 12.1 Å². The Labute approximate surface area is 483 Å². The molecule has 2 aliphatic heterocycles. The molecule has 0 saturated carbocycles. The molecular weight excluding hydrogens is 1130 g/mol. The van der Waals surface area contributed by atoms with Crippen LogP contribution < -0.4 is 38.2 Å². The van der Waals surface area contributed by atoms with E-state index in [1.807, 2.05) is 27.7 Å². The number of urea groups is 2. The van der Waals surface area contributed by atoms with E-state index < -0.39 is 36.2 Å². The van der Waals surface area contributed by atoms with Gasteiger partial charge in [-0.05, 0) is 101 Å². The van der Waals surface area contributed by atoms with Gasteiger partial charge in [0.25, 0.3) is 0 Å². The first kappa shape index (κ1) is 62.6. The maximum Gasteiger partial charge on any atom is 0.317 e. The molecule has 24 nitrogen and oxygen atoms in total. The summed E-state index contributed by atoms with van der Waals surface area (Å²) in [6, 6.07) is 18.4. The molecule has 2 fully saturated rings. The van der Waals surface area contributed by atoms with Crippen molar-refractivity contribution in [3.05, 3.63) is 72.2 Å². The fourth-order valence-electron chi connectivity index (χ4n) is 9.40. The van der Waals surface area contributed by atoms with Gasteiger partial charge in [-0.3, -0.25) is 9.13 Å². The number of anilines is 2. The first-order chi connectivity index (χ1) is 38.7. The molecule has 0 radical (unpaired) electrons. The third kappa shape index (κ3) is 14.6. The molecule has 2 N–H and O–H groups in total. The molecule has 0 unspecified atom stereocenters. The van der Waals surface area contributed by atoms with E-state index >= 15 is 0 Å². The van der Waals surface area contributed by atoms with E-state index in [1.165, 1.54) is 37.0 Å². The number of nitrogens with one attached hydrogen (secondary N) is 2. The standard InChI is InChI=1S/2C27H40N6O6SSi/c2*1-19-13-14-28-27(34)31(19)15-17-40(35,36)32(16-18-41(5,6)7)26-30-29-25(23-12-11-20(2)39-23)33(26)24-21(37-3)9-8-10-22(24)38-4/h2*8-12,19H,13-18H2,1-7H3,(H,28,34)/t2*19-/m10/s1. The summed E-state index contributed by atoms with van der Waals surface area (Å²) in [6.07, 6.45) is 1.50. The molecule has 0 aliphatic carbocycles. The summed E-state index contributed by atoms with van der Waals surface area (Å²) in [7, 11) is -5.23. The van der Waals surface area contributed by atoms with E-state index in [9.17, 15) is 26.4 Å². The summed E-state index contributed by atoms with van der Waals surface area (Å²) >= 11 is 0. The quantitative estimate of drug-likeness (QED) is 0.0540. The summed E-state index contributed by atoms with van der Waals surface area (Å²) in [5, 5.41) is 23.3. The normalized spacial score (nSPS) is 16.0. The average molecular weight is 1210 g/mol. The predicted molar refractivity (Wildman–Crippen MR) is 321 cm³/mol. The number of hydrogen-bond acceptors (Lipinski definition) is 16. The molecule has 2 saturated heterocycles. The highest BCUT2D eigenvalue weighted by molar-refractivity contribution is 7.93. The predicted octanol–water partition coefficient (Wildman–Crippen LogP) is 8.26. The van der Waals surface area contributed by atoms with Gasteiger partial charge in [0.1, 0.15) is 45.9 Å². The van der Waals surface area contributed by atoms with Crippen LogP contribution in [0.25, 0.3) is 34.5 Å². The molecule has 4 amide bonds. The smallest absolute Gasteiger partial charge is 0.317 e. The van der Waals surface area contributed by atoms with Crippen LogP contribution in [0.1, 0.15) is 38.2 Å². The summed E-state index contributed by atoms with van der Waals surface area (Å²) in [4.78, 5) is 28.2. The first-order valence-corrected chi connectivity index (χ1v) is 37.9. The van der Waals surface area contributed by atoms with Gasteiger partial charge in [0.05, 0.1) is 39.9 Å². The second-order valence-corrected chi connectivity index (χ2v) is 38.0. The number of para-hydroxylation sites is 2. The van der Waals surface area contributed by atoms with Crippen molar-refractivity contribution >= 4 is 60.2 Å². The second-order valence-electron chi connectivity index (χ2n) is 22.7. The molecule has 2 atom stereocenters. The number of furan rings is 2. The lowest BCUT2D eigenvalue weighted by atomic mass is 10.2. The number of carbonyl (C=O) groups is 2. The molecule has 4 aromatic heterocycles. The van der Waals surface area contributed by atoms with Crippen molar-refractivity contribution in [2.24, 2.45) is 0 Å². The number of benzene rings is 2. The molecule has 6 aromatic rings. The zero-order chi connectivity index (χ0) is 59.9. The van der Waals surface area contributed by atoms with Crippen LogP contribution in [0.5, 0.6) is 23.0 Å². The minimum absolute atomic E-state index is 0.0507. The molecule has 6 heterocycles. The van der Waals surface area contributed by atoms with Gasteiger partial charge in [-0.25, -0.2) is 35.0 Å². The third-order valence-electron chi connectivity index (χ3n) is 14.2. The van der Waals surface area contributed by atoms with Gasteiger partial charge in [-0.1, -0.05) is 51.4 Å². The second kappa shape index (κ2) is 26.0. The number of nitrogens with zero attached hydrogens (tertiary/aromatic N) is 10. The number of amides is 4. The van der Waals surface area contributed by atoms with Crippen LogP contribution in [-0.2, 0) is 20.0 Å². The van der Waals surface area contributed by atoms with E-state index in [2.05, 4.69) is 70.3 Å². The van der Waals surface area contributed by atoms with Crippen molar-refractivity contribution in [1.29, 1.82) is 0 Å². The maximum absolute atomic E-state index is 14.2. The number of carbonyl (C=O) groups excluding carboxylic acids is 2. The molecule has 28 heteroatoms. The number of hydrogen-bond donors (Lipinski definition) is 2. The molecule has 0 spiro atoms.